The summed E-state index contributed by atoms with van der Waals surface area (Å²) in [7, 11) is 1.42. The monoisotopic (exact) mass is 296 g/mol. The van der Waals surface area contributed by atoms with E-state index in [0.29, 0.717) is 10.0 Å². The van der Waals surface area contributed by atoms with E-state index < -0.39 is 5.97 Å². The highest BCUT2D eigenvalue weighted by atomic mass is 35.5. The van der Waals surface area contributed by atoms with Crippen LogP contribution in [0, 0.1) is 0 Å². The quantitative estimate of drug-likeness (QED) is 0.915. The Kier molecular flexibility index (Phi) is 3.98. The maximum atomic E-state index is 11.0. The van der Waals surface area contributed by atoms with Crippen LogP contribution in [0.5, 0.6) is 5.75 Å². The summed E-state index contributed by atoms with van der Waals surface area (Å²) in [5.41, 5.74) is 1.57. The van der Waals surface area contributed by atoms with E-state index in [1.807, 2.05) is 6.07 Å². The van der Waals surface area contributed by atoms with E-state index in [9.17, 15) is 4.79 Å². The van der Waals surface area contributed by atoms with Crippen molar-refractivity contribution in [2.45, 2.75) is 0 Å². The zero-order chi connectivity index (χ0) is 14.0. The van der Waals surface area contributed by atoms with Crippen molar-refractivity contribution in [3.05, 3.63) is 52.0 Å². The van der Waals surface area contributed by atoms with Crippen LogP contribution in [0.15, 0.2) is 36.4 Å². The Morgan fingerprint density at radius 1 is 1.21 bits per heavy atom. The molecule has 0 saturated carbocycles. The highest BCUT2D eigenvalue weighted by Gasteiger charge is 2.13. The van der Waals surface area contributed by atoms with Crippen LogP contribution in [0.4, 0.5) is 0 Å². The van der Waals surface area contributed by atoms with Crippen molar-refractivity contribution in [1.82, 2.24) is 0 Å². The van der Waals surface area contributed by atoms with Gasteiger partial charge in [0.15, 0.2) is 0 Å². The number of carboxylic acid groups (broad SMARTS) is 1. The van der Waals surface area contributed by atoms with E-state index in [-0.39, 0.29) is 11.3 Å². The normalized spacial score (nSPS) is 10.3. The van der Waals surface area contributed by atoms with E-state index in [2.05, 4.69) is 0 Å². The smallest absolute Gasteiger partial charge is 0.339 e. The Balaban J connectivity index is 2.58. The summed E-state index contributed by atoms with van der Waals surface area (Å²) in [5, 5.41) is 9.90. The molecular formula is C14H10Cl2O3. The Morgan fingerprint density at radius 3 is 2.58 bits per heavy atom. The molecule has 0 amide bonds. The van der Waals surface area contributed by atoms with Crippen molar-refractivity contribution in [2.24, 2.45) is 0 Å². The highest BCUT2D eigenvalue weighted by molar-refractivity contribution is 6.43. The Bertz CT molecular complexity index is 639. The first-order valence-corrected chi connectivity index (χ1v) is 6.16. The minimum Gasteiger partial charge on any atom is -0.496 e. The molecule has 0 heterocycles. The molecule has 0 aromatic heterocycles. The number of halogens is 2. The second kappa shape index (κ2) is 5.51. The Hall–Kier alpha value is -1.71. The molecule has 5 heteroatoms. The van der Waals surface area contributed by atoms with Crippen molar-refractivity contribution in [3.63, 3.8) is 0 Å². The first-order chi connectivity index (χ1) is 9.04. The molecule has 2 rings (SSSR count). The second-order valence-electron chi connectivity index (χ2n) is 3.82. The lowest BCUT2D eigenvalue weighted by Gasteiger charge is -2.10. The molecule has 2 aromatic rings. The standard InChI is InChI=1S/C14H10Cl2O3/c1-19-12-7-8(5-6-10(12)14(17)18)9-3-2-4-11(15)13(9)16/h2-7H,1H3,(H,17,18). The van der Waals surface area contributed by atoms with Crippen molar-refractivity contribution in [2.75, 3.05) is 7.11 Å². The summed E-state index contributed by atoms with van der Waals surface area (Å²) in [6, 6.07) is 10.1. The van der Waals surface area contributed by atoms with Crippen LogP contribution in [0.1, 0.15) is 10.4 Å². The molecular weight excluding hydrogens is 287 g/mol. The highest BCUT2D eigenvalue weighted by Crippen LogP contribution is 2.35. The number of carbonyl (C=O) groups is 1. The number of hydrogen-bond acceptors (Lipinski definition) is 2. The van der Waals surface area contributed by atoms with Gasteiger partial charge in [-0.1, -0.05) is 41.4 Å². The molecule has 2 aromatic carbocycles. The average Bonchev–Trinajstić information content (AvgIpc) is 2.41. The first-order valence-electron chi connectivity index (χ1n) is 5.40. The molecule has 0 bridgehead atoms. The molecule has 0 radical (unpaired) electrons. The van der Waals surface area contributed by atoms with Crippen LogP contribution in [0.25, 0.3) is 11.1 Å². The van der Waals surface area contributed by atoms with Gasteiger partial charge in [-0.05, 0) is 23.8 Å². The van der Waals surface area contributed by atoms with Gasteiger partial charge >= 0.3 is 5.97 Å². The number of benzene rings is 2. The lowest BCUT2D eigenvalue weighted by Crippen LogP contribution is -2.00. The van der Waals surface area contributed by atoms with E-state index in [1.165, 1.54) is 13.2 Å². The number of rotatable bonds is 3. The number of hydrogen-bond donors (Lipinski definition) is 1. The molecule has 0 aliphatic carbocycles. The third kappa shape index (κ3) is 2.67. The van der Waals surface area contributed by atoms with Crippen molar-refractivity contribution in [3.8, 4) is 16.9 Å². The lowest BCUT2D eigenvalue weighted by atomic mass is 10.0. The van der Waals surface area contributed by atoms with Gasteiger partial charge < -0.3 is 9.84 Å². The topological polar surface area (TPSA) is 46.5 Å². The zero-order valence-corrected chi connectivity index (χ0v) is 11.5. The van der Waals surface area contributed by atoms with Crippen LogP contribution < -0.4 is 4.74 Å². The summed E-state index contributed by atoms with van der Waals surface area (Å²) < 4.78 is 5.08. The van der Waals surface area contributed by atoms with E-state index in [0.717, 1.165) is 11.1 Å². The van der Waals surface area contributed by atoms with Gasteiger partial charge in [0.1, 0.15) is 11.3 Å². The Labute approximate surface area is 120 Å². The van der Waals surface area contributed by atoms with Crippen LogP contribution >= 0.6 is 23.2 Å². The molecule has 3 nitrogen and oxygen atoms in total. The summed E-state index contributed by atoms with van der Waals surface area (Å²) in [5.74, 6) is -0.762. The molecule has 0 saturated heterocycles. The predicted molar refractivity (Wildman–Crippen MR) is 75.4 cm³/mol. The molecule has 0 fully saturated rings. The zero-order valence-electron chi connectivity index (χ0n) is 9.98. The fourth-order valence-corrected chi connectivity index (χ4v) is 2.17. The van der Waals surface area contributed by atoms with Gasteiger partial charge in [-0.3, -0.25) is 0 Å². The number of aromatic carboxylic acids is 1. The van der Waals surface area contributed by atoms with Gasteiger partial charge in [0.2, 0.25) is 0 Å². The van der Waals surface area contributed by atoms with Gasteiger partial charge in [0, 0.05) is 5.56 Å². The molecule has 0 atom stereocenters. The molecule has 0 spiro atoms. The van der Waals surface area contributed by atoms with Crippen molar-refractivity contribution >= 4 is 29.2 Å². The fraction of sp³-hybridized carbons (Fsp3) is 0.0714. The number of carboxylic acids is 1. The summed E-state index contributed by atoms with van der Waals surface area (Å²) in [6.45, 7) is 0. The van der Waals surface area contributed by atoms with E-state index >= 15 is 0 Å². The second-order valence-corrected chi connectivity index (χ2v) is 4.61. The van der Waals surface area contributed by atoms with E-state index in [1.54, 1.807) is 24.3 Å². The third-order valence-electron chi connectivity index (χ3n) is 2.69. The molecule has 0 aliphatic heterocycles. The van der Waals surface area contributed by atoms with Crippen molar-refractivity contribution < 1.29 is 14.6 Å². The van der Waals surface area contributed by atoms with Gasteiger partial charge in [0.05, 0.1) is 17.2 Å². The Morgan fingerprint density at radius 2 is 1.95 bits per heavy atom. The van der Waals surface area contributed by atoms with Crippen molar-refractivity contribution in [1.29, 1.82) is 0 Å². The molecule has 19 heavy (non-hydrogen) atoms. The van der Waals surface area contributed by atoms with Gasteiger partial charge in [0.25, 0.3) is 0 Å². The first kappa shape index (κ1) is 13.7. The summed E-state index contributed by atoms with van der Waals surface area (Å²) >= 11 is 12.1. The lowest BCUT2D eigenvalue weighted by molar-refractivity contribution is 0.0693. The van der Waals surface area contributed by atoms with Crippen LogP contribution in [0.3, 0.4) is 0 Å². The SMILES string of the molecule is COc1cc(-c2cccc(Cl)c2Cl)ccc1C(=O)O. The summed E-state index contributed by atoms with van der Waals surface area (Å²) in [4.78, 5) is 11.0. The fourth-order valence-electron chi connectivity index (χ4n) is 1.76. The molecule has 0 aliphatic rings. The minimum atomic E-state index is -1.04. The third-order valence-corrected chi connectivity index (χ3v) is 3.51. The minimum absolute atomic E-state index is 0.101. The van der Waals surface area contributed by atoms with Crippen LogP contribution in [-0.2, 0) is 0 Å². The van der Waals surface area contributed by atoms with Gasteiger partial charge in [-0.25, -0.2) is 4.79 Å². The molecule has 98 valence electrons. The van der Waals surface area contributed by atoms with Gasteiger partial charge in [-0.2, -0.15) is 0 Å². The molecule has 0 unspecified atom stereocenters. The van der Waals surface area contributed by atoms with Gasteiger partial charge in [-0.15, -0.1) is 0 Å². The number of methoxy groups -OCH3 is 1. The maximum Gasteiger partial charge on any atom is 0.339 e. The van der Waals surface area contributed by atoms with Crippen LogP contribution in [0.2, 0.25) is 10.0 Å². The largest absolute Gasteiger partial charge is 0.496 e. The van der Waals surface area contributed by atoms with E-state index in [4.69, 9.17) is 33.0 Å². The molecule has 1 N–H and O–H groups in total. The number of ether oxygens (including phenoxy) is 1. The average molecular weight is 297 g/mol. The summed E-state index contributed by atoms with van der Waals surface area (Å²) in [6.07, 6.45) is 0. The maximum absolute atomic E-state index is 11.0. The van der Waals surface area contributed by atoms with Crippen LogP contribution in [-0.4, -0.2) is 18.2 Å². The predicted octanol–water partition coefficient (Wildman–Crippen LogP) is 4.37.